The number of aromatic nitrogens is 1. The number of hydrazine groups is 1. The second kappa shape index (κ2) is 17.1. The summed E-state index contributed by atoms with van der Waals surface area (Å²) in [5, 5.41) is 34.0. The van der Waals surface area contributed by atoms with Crippen molar-refractivity contribution in [3.05, 3.63) is 88.4 Å². The number of hydrogen-bond donors (Lipinski definition) is 4. The number of nitrogens with zero attached hydrogens (tertiary/aromatic N) is 3. The van der Waals surface area contributed by atoms with E-state index in [1.165, 1.54) is 24.2 Å². The second-order valence-electron chi connectivity index (χ2n) is 13.3. The lowest BCUT2D eigenvalue weighted by Crippen LogP contribution is -2.65. The van der Waals surface area contributed by atoms with Crippen LogP contribution >= 0.6 is 0 Å². The van der Waals surface area contributed by atoms with Gasteiger partial charge >= 0.3 is 12.4 Å². The summed E-state index contributed by atoms with van der Waals surface area (Å²) in [5.41, 5.74) is -5.97. The SMILES string of the molecule is CN1N(Cc2ccc(OCCCCCOC[C@H](O)CO)c(F)c2F)C(=O)C(C(=O)Nc2ccc(C(F)(F)F)cc2-c2ccc(C(F)(F)F)nc2)=C(O)C12CCC2. The van der Waals surface area contributed by atoms with Gasteiger partial charge in [0, 0.05) is 42.2 Å². The monoisotopic (exact) mass is 802 g/mol. The number of nitrogens with one attached hydrogen (secondary N) is 1. The predicted octanol–water partition coefficient (Wildman–Crippen LogP) is 6.55. The third-order valence-corrected chi connectivity index (χ3v) is 9.63. The van der Waals surface area contributed by atoms with Crippen LogP contribution in [-0.4, -0.2) is 87.3 Å². The second-order valence-corrected chi connectivity index (χ2v) is 13.3. The van der Waals surface area contributed by atoms with E-state index in [9.17, 15) is 46.1 Å². The third-order valence-electron chi connectivity index (χ3n) is 9.63. The molecule has 304 valence electrons. The fourth-order valence-corrected chi connectivity index (χ4v) is 6.32. The summed E-state index contributed by atoms with van der Waals surface area (Å²) in [4.78, 5) is 31.0. The standard InChI is InChI=1S/C37H38F8N4O7/c1-48-35(12-5-13-35)32(52)29(33(53)47-26-9-8-23(36(40,41)42)16-25(26)21-7-11-28(46-17-21)37(43,44)45)34(54)49(48)18-22-6-10-27(31(39)30(22)38)56-15-4-2-3-14-55-20-24(51)19-50/h6-11,16-17,24,50-52H,2-5,12-15,18-20H2,1H3,(H,47,53)/t24-/m1/s1. The maximum atomic E-state index is 15.4. The molecule has 0 unspecified atom stereocenters. The van der Waals surface area contributed by atoms with Crippen LogP contribution in [0, 0.1) is 11.6 Å². The van der Waals surface area contributed by atoms with Crippen LogP contribution in [0.1, 0.15) is 55.3 Å². The molecule has 56 heavy (non-hydrogen) atoms. The zero-order chi connectivity index (χ0) is 41.0. The number of pyridine rings is 1. The highest BCUT2D eigenvalue weighted by molar-refractivity contribution is 6.24. The summed E-state index contributed by atoms with van der Waals surface area (Å²) in [6, 6.07) is 5.79. The Morgan fingerprint density at radius 3 is 2.30 bits per heavy atom. The van der Waals surface area contributed by atoms with E-state index in [-0.39, 0.29) is 42.9 Å². The average molecular weight is 803 g/mol. The van der Waals surface area contributed by atoms with E-state index < -0.39 is 94.5 Å². The molecule has 3 aromatic rings. The molecule has 0 bridgehead atoms. The van der Waals surface area contributed by atoms with E-state index in [1.54, 1.807) is 0 Å². The number of alkyl halides is 6. The van der Waals surface area contributed by atoms with Crippen molar-refractivity contribution in [1.82, 2.24) is 15.0 Å². The highest BCUT2D eigenvalue weighted by Gasteiger charge is 2.55. The number of anilines is 1. The molecule has 0 saturated heterocycles. The summed E-state index contributed by atoms with van der Waals surface area (Å²) in [7, 11) is 1.42. The summed E-state index contributed by atoms with van der Waals surface area (Å²) in [5.74, 6) is -6.15. The topological polar surface area (TPSA) is 145 Å². The number of aliphatic hydroxyl groups excluding tert-OH is 3. The minimum Gasteiger partial charge on any atom is -0.509 e. The number of unbranched alkanes of at least 4 members (excludes halogenated alkanes) is 2. The smallest absolute Gasteiger partial charge is 0.433 e. The number of rotatable bonds is 15. The zero-order valence-corrected chi connectivity index (χ0v) is 29.8. The molecule has 1 aromatic heterocycles. The largest absolute Gasteiger partial charge is 0.509 e. The number of halogens is 8. The first-order chi connectivity index (χ1) is 26.4. The molecule has 1 atom stereocenters. The summed E-state index contributed by atoms with van der Waals surface area (Å²) >= 11 is 0. The lowest BCUT2D eigenvalue weighted by molar-refractivity contribution is -0.172. The van der Waals surface area contributed by atoms with Crippen molar-refractivity contribution >= 4 is 17.5 Å². The highest BCUT2D eigenvalue weighted by Crippen LogP contribution is 2.47. The Morgan fingerprint density at radius 2 is 1.70 bits per heavy atom. The van der Waals surface area contributed by atoms with Crippen LogP contribution in [-0.2, 0) is 33.2 Å². The van der Waals surface area contributed by atoms with Gasteiger partial charge < -0.3 is 30.1 Å². The summed E-state index contributed by atoms with van der Waals surface area (Å²) in [6.45, 7) is -0.716. The van der Waals surface area contributed by atoms with Crippen LogP contribution in [0.2, 0.25) is 0 Å². The average Bonchev–Trinajstić information content (AvgIpc) is 3.12. The van der Waals surface area contributed by atoms with Crippen LogP contribution in [0.5, 0.6) is 5.75 Å². The van der Waals surface area contributed by atoms with Crippen LogP contribution in [0.4, 0.5) is 40.8 Å². The molecule has 2 aliphatic rings. The third kappa shape index (κ3) is 9.06. The minimum atomic E-state index is -4.89. The van der Waals surface area contributed by atoms with Crippen LogP contribution in [0.3, 0.4) is 0 Å². The Hall–Kier alpha value is -4.85. The predicted molar refractivity (Wildman–Crippen MR) is 182 cm³/mol. The molecule has 0 radical (unpaired) electrons. The molecule has 5 rings (SSSR count). The number of amides is 2. The molecule has 4 N–H and O–H groups in total. The van der Waals surface area contributed by atoms with Gasteiger partial charge in [0.15, 0.2) is 11.6 Å². The summed E-state index contributed by atoms with van der Waals surface area (Å²) < 4.78 is 122. The van der Waals surface area contributed by atoms with Crippen molar-refractivity contribution < 1.29 is 69.5 Å². The van der Waals surface area contributed by atoms with E-state index in [2.05, 4.69) is 10.3 Å². The van der Waals surface area contributed by atoms with Gasteiger partial charge in [0.25, 0.3) is 11.8 Å². The van der Waals surface area contributed by atoms with Crippen LogP contribution in [0.25, 0.3) is 11.1 Å². The molecular weight excluding hydrogens is 764 g/mol. The van der Waals surface area contributed by atoms with Crippen LogP contribution in [0.15, 0.2) is 60.0 Å². The maximum absolute atomic E-state index is 15.4. The van der Waals surface area contributed by atoms with Crippen molar-refractivity contribution in [3.63, 3.8) is 0 Å². The van der Waals surface area contributed by atoms with Crippen molar-refractivity contribution in [2.45, 2.75) is 69.1 Å². The molecule has 19 heteroatoms. The van der Waals surface area contributed by atoms with Crippen molar-refractivity contribution in [2.75, 3.05) is 38.8 Å². The molecule has 2 heterocycles. The number of ether oxygens (including phenoxy) is 2. The molecule has 2 aromatic carbocycles. The first-order valence-electron chi connectivity index (χ1n) is 17.4. The Morgan fingerprint density at radius 1 is 0.982 bits per heavy atom. The Labute approximate surface area is 315 Å². The van der Waals surface area contributed by atoms with E-state index in [1.807, 2.05) is 0 Å². The van der Waals surface area contributed by atoms with Gasteiger partial charge in [-0.2, -0.15) is 30.7 Å². The van der Waals surface area contributed by atoms with Gasteiger partial charge in [0.1, 0.15) is 23.1 Å². The quantitative estimate of drug-likeness (QED) is 0.0765. The Kier molecular flexibility index (Phi) is 12.9. The molecule has 1 fully saturated rings. The first-order valence-corrected chi connectivity index (χ1v) is 17.4. The van der Waals surface area contributed by atoms with Gasteiger partial charge in [-0.05, 0) is 68.9 Å². The molecule has 1 saturated carbocycles. The zero-order valence-electron chi connectivity index (χ0n) is 29.8. The van der Waals surface area contributed by atoms with E-state index in [0.717, 1.165) is 17.1 Å². The molecule has 2 amide bonds. The fourth-order valence-electron chi connectivity index (χ4n) is 6.32. The molecule has 11 nitrogen and oxygen atoms in total. The van der Waals surface area contributed by atoms with Gasteiger partial charge in [-0.3, -0.25) is 19.6 Å². The molecule has 1 aliphatic heterocycles. The van der Waals surface area contributed by atoms with E-state index >= 15 is 8.78 Å². The number of aliphatic hydroxyl groups is 3. The first kappa shape index (κ1) is 42.3. The molecular formula is C37H38F8N4O7. The van der Waals surface area contributed by atoms with Gasteiger partial charge in [-0.15, -0.1) is 0 Å². The highest BCUT2D eigenvalue weighted by atomic mass is 19.4. The number of benzene rings is 2. The van der Waals surface area contributed by atoms with E-state index in [4.69, 9.17) is 14.6 Å². The van der Waals surface area contributed by atoms with Gasteiger partial charge in [-0.1, -0.05) is 12.1 Å². The lowest BCUT2D eigenvalue weighted by atomic mass is 9.72. The lowest BCUT2D eigenvalue weighted by Gasteiger charge is -2.54. The van der Waals surface area contributed by atoms with Crippen molar-refractivity contribution in [1.29, 1.82) is 0 Å². The molecule has 1 aliphatic carbocycles. The minimum absolute atomic E-state index is 0.0219. The van der Waals surface area contributed by atoms with Crippen LogP contribution < -0.4 is 10.1 Å². The van der Waals surface area contributed by atoms with E-state index in [0.29, 0.717) is 56.7 Å². The maximum Gasteiger partial charge on any atom is 0.433 e. The number of carbonyl (C=O) groups excluding carboxylic acids is 2. The fraction of sp³-hybridized carbons (Fsp3) is 0.432. The Bertz CT molecular complexity index is 1940. The van der Waals surface area contributed by atoms with Gasteiger partial charge in [-0.25, -0.2) is 9.40 Å². The molecule has 1 spiro atoms. The number of hydrogen-bond acceptors (Lipinski definition) is 9. The number of likely N-dealkylation sites (N-methyl/N-ethyl adjacent to an activating group) is 1. The number of carbonyl (C=O) groups is 2. The van der Waals surface area contributed by atoms with Crippen molar-refractivity contribution in [3.8, 4) is 16.9 Å². The van der Waals surface area contributed by atoms with Gasteiger partial charge in [0.05, 0.1) is 37.5 Å². The summed E-state index contributed by atoms with van der Waals surface area (Å²) in [6.07, 6.45) is -7.37. The Balaban J connectivity index is 1.35. The van der Waals surface area contributed by atoms with Crippen molar-refractivity contribution in [2.24, 2.45) is 0 Å². The van der Waals surface area contributed by atoms with Gasteiger partial charge in [0.2, 0.25) is 5.82 Å². The normalized spacial score (nSPS) is 16.6.